The van der Waals surface area contributed by atoms with E-state index in [9.17, 15) is 4.39 Å². The monoisotopic (exact) mass is 281 g/mol. The number of aromatic nitrogens is 2. The average molecular weight is 281 g/mol. The molecule has 1 N–H and O–H groups in total. The molecule has 0 atom stereocenters. The normalized spacial score (nSPS) is 10.9. The van der Waals surface area contributed by atoms with Crippen LogP contribution in [0.15, 0.2) is 54.7 Å². The molecule has 0 radical (unpaired) electrons. The predicted octanol–water partition coefficient (Wildman–Crippen LogP) is 3.10. The zero-order valence-corrected chi connectivity index (χ0v) is 11.6. The first-order chi connectivity index (χ1) is 10.3. The summed E-state index contributed by atoms with van der Waals surface area (Å²) >= 11 is 0. The maximum atomic E-state index is 12.8. The molecule has 0 aliphatic rings. The summed E-state index contributed by atoms with van der Waals surface area (Å²) in [5, 5.41) is 3.33. The van der Waals surface area contributed by atoms with Gasteiger partial charge in [-0.25, -0.2) is 9.37 Å². The van der Waals surface area contributed by atoms with Gasteiger partial charge in [0.05, 0.1) is 22.9 Å². The van der Waals surface area contributed by atoms with Crippen LogP contribution in [0.1, 0.15) is 11.3 Å². The number of hydrogen-bond acceptors (Lipinski definition) is 3. The first-order valence-corrected chi connectivity index (χ1v) is 6.97. The smallest absolute Gasteiger partial charge is 0.123 e. The van der Waals surface area contributed by atoms with Crippen molar-refractivity contribution in [1.82, 2.24) is 15.3 Å². The highest BCUT2D eigenvalue weighted by molar-refractivity contribution is 5.73. The number of rotatable bonds is 5. The van der Waals surface area contributed by atoms with Crippen LogP contribution in [0.5, 0.6) is 0 Å². The van der Waals surface area contributed by atoms with E-state index in [4.69, 9.17) is 0 Å². The van der Waals surface area contributed by atoms with Crippen LogP contribution >= 0.6 is 0 Å². The lowest BCUT2D eigenvalue weighted by atomic mass is 10.1. The van der Waals surface area contributed by atoms with E-state index in [0.29, 0.717) is 6.54 Å². The van der Waals surface area contributed by atoms with Crippen LogP contribution in [0.25, 0.3) is 11.0 Å². The first kappa shape index (κ1) is 13.6. The molecule has 3 nitrogen and oxygen atoms in total. The molecule has 106 valence electrons. The second kappa shape index (κ2) is 6.41. The molecule has 0 amide bonds. The van der Waals surface area contributed by atoms with Gasteiger partial charge < -0.3 is 5.32 Å². The fourth-order valence-electron chi connectivity index (χ4n) is 2.18. The number of halogens is 1. The summed E-state index contributed by atoms with van der Waals surface area (Å²) in [6.45, 7) is 1.50. The van der Waals surface area contributed by atoms with Gasteiger partial charge in [0.25, 0.3) is 0 Å². The molecule has 0 saturated carbocycles. The van der Waals surface area contributed by atoms with Gasteiger partial charge in [-0.05, 0) is 42.8 Å². The van der Waals surface area contributed by atoms with Crippen LogP contribution in [0.4, 0.5) is 4.39 Å². The van der Waals surface area contributed by atoms with Crippen LogP contribution in [0.3, 0.4) is 0 Å². The van der Waals surface area contributed by atoms with Gasteiger partial charge in [-0.3, -0.25) is 4.98 Å². The Kier molecular flexibility index (Phi) is 4.17. The quantitative estimate of drug-likeness (QED) is 0.730. The van der Waals surface area contributed by atoms with Gasteiger partial charge in [-0.2, -0.15) is 0 Å². The van der Waals surface area contributed by atoms with Crippen LogP contribution in [-0.2, 0) is 13.0 Å². The Balaban J connectivity index is 1.53. The zero-order chi connectivity index (χ0) is 14.5. The highest BCUT2D eigenvalue weighted by Crippen LogP contribution is 2.08. The zero-order valence-electron chi connectivity index (χ0n) is 11.6. The van der Waals surface area contributed by atoms with Crippen LogP contribution in [-0.4, -0.2) is 16.5 Å². The molecule has 3 rings (SSSR count). The topological polar surface area (TPSA) is 37.8 Å². The van der Waals surface area contributed by atoms with E-state index >= 15 is 0 Å². The molecule has 0 bridgehead atoms. The van der Waals surface area contributed by atoms with E-state index in [-0.39, 0.29) is 5.82 Å². The van der Waals surface area contributed by atoms with E-state index in [0.717, 1.165) is 35.3 Å². The number of hydrogen-bond donors (Lipinski definition) is 1. The van der Waals surface area contributed by atoms with Crippen molar-refractivity contribution in [2.45, 2.75) is 13.0 Å². The molecule has 0 aliphatic heterocycles. The Morgan fingerprint density at radius 2 is 1.71 bits per heavy atom. The molecular formula is C17H16FN3. The molecule has 0 aliphatic carbocycles. The maximum absolute atomic E-state index is 12.8. The van der Waals surface area contributed by atoms with E-state index in [1.165, 1.54) is 12.1 Å². The standard InChI is InChI=1S/C17H16FN3/c18-14-7-5-13(6-8-14)9-10-19-11-15-12-20-16-3-1-2-4-17(16)21-15/h1-8,12,19H,9-11H2. The van der Waals surface area contributed by atoms with Crippen molar-refractivity contribution < 1.29 is 4.39 Å². The molecule has 1 aromatic heterocycles. The van der Waals surface area contributed by atoms with E-state index < -0.39 is 0 Å². The molecule has 0 fully saturated rings. The Hall–Kier alpha value is -2.33. The lowest BCUT2D eigenvalue weighted by Crippen LogP contribution is -2.17. The second-order valence-electron chi connectivity index (χ2n) is 4.90. The van der Waals surface area contributed by atoms with Gasteiger partial charge in [0.2, 0.25) is 0 Å². The fraction of sp³-hybridized carbons (Fsp3) is 0.176. The Bertz CT molecular complexity index is 725. The summed E-state index contributed by atoms with van der Waals surface area (Å²) in [6.07, 6.45) is 2.66. The van der Waals surface area contributed by atoms with Crippen molar-refractivity contribution in [3.8, 4) is 0 Å². The van der Waals surface area contributed by atoms with E-state index in [2.05, 4.69) is 15.3 Å². The Morgan fingerprint density at radius 3 is 2.52 bits per heavy atom. The lowest BCUT2D eigenvalue weighted by Gasteiger charge is -2.05. The summed E-state index contributed by atoms with van der Waals surface area (Å²) in [5.74, 6) is -0.196. The summed E-state index contributed by atoms with van der Waals surface area (Å²) in [5.41, 5.74) is 3.86. The van der Waals surface area contributed by atoms with Crippen molar-refractivity contribution in [1.29, 1.82) is 0 Å². The van der Waals surface area contributed by atoms with Gasteiger partial charge in [0.15, 0.2) is 0 Å². The van der Waals surface area contributed by atoms with E-state index in [1.807, 2.05) is 36.4 Å². The van der Waals surface area contributed by atoms with E-state index in [1.54, 1.807) is 6.20 Å². The third-order valence-electron chi connectivity index (χ3n) is 3.31. The predicted molar refractivity (Wildman–Crippen MR) is 81.3 cm³/mol. The molecule has 3 aromatic rings. The number of para-hydroxylation sites is 2. The second-order valence-corrected chi connectivity index (χ2v) is 4.90. The Labute approximate surface area is 122 Å². The fourth-order valence-corrected chi connectivity index (χ4v) is 2.18. The average Bonchev–Trinajstić information content (AvgIpc) is 2.53. The van der Waals surface area contributed by atoms with Crippen LogP contribution in [0.2, 0.25) is 0 Å². The van der Waals surface area contributed by atoms with Crippen LogP contribution in [0, 0.1) is 5.82 Å². The van der Waals surface area contributed by atoms with Crippen molar-refractivity contribution in [2.75, 3.05) is 6.54 Å². The van der Waals surface area contributed by atoms with Gasteiger partial charge in [-0.15, -0.1) is 0 Å². The molecule has 21 heavy (non-hydrogen) atoms. The molecular weight excluding hydrogens is 265 g/mol. The summed E-state index contributed by atoms with van der Waals surface area (Å²) in [6, 6.07) is 14.4. The minimum Gasteiger partial charge on any atom is -0.311 e. The minimum absolute atomic E-state index is 0.196. The number of fused-ring (bicyclic) bond motifs is 1. The lowest BCUT2D eigenvalue weighted by molar-refractivity contribution is 0.625. The van der Waals surface area contributed by atoms with Crippen LogP contribution < -0.4 is 5.32 Å². The molecule has 0 unspecified atom stereocenters. The minimum atomic E-state index is -0.196. The summed E-state index contributed by atoms with van der Waals surface area (Å²) in [7, 11) is 0. The molecule has 2 aromatic carbocycles. The van der Waals surface area contributed by atoms with Crippen molar-refractivity contribution in [3.63, 3.8) is 0 Å². The largest absolute Gasteiger partial charge is 0.311 e. The van der Waals surface area contributed by atoms with Gasteiger partial charge >= 0.3 is 0 Å². The van der Waals surface area contributed by atoms with Crippen molar-refractivity contribution in [2.24, 2.45) is 0 Å². The SMILES string of the molecule is Fc1ccc(CCNCc2cnc3ccccc3n2)cc1. The highest BCUT2D eigenvalue weighted by Gasteiger charge is 1.99. The highest BCUT2D eigenvalue weighted by atomic mass is 19.1. The molecule has 0 saturated heterocycles. The Morgan fingerprint density at radius 1 is 0.952 bits per heavy atom. The van der Waals surface area contributed by atoms with Gasteiger partial charge in [-0.1, -0.05) is 24.3 Å². The molecule has 0 spiro atoms. The van der Waals surface area contributed by atoms with Gasteiger partial charge in [0.1, 0.15) is 5.82 Å². The third kappa shape index (κ3) is 3.61. The number of nitrogens with one attached hydrogen (secondary N) is 1. The van der Waals surface area contributed by atoms with Crippen molar-refractivity contribution in [3.05, 3.63) is 71.8 Å². The summed E-state index contributed by atoms with van der Waals surface area (Å²) < 4.78 is 12.8. The molecule has 1 heterocycles. The van der Waals surface area contributed by atoms with Crippen molar-refractivity contribution >= 4 is 11.0 Å². The summed E-state index contributed by atoms with van der Waals surface area (Å²) in [4.78, 5) is 8.94. The molecule has 4 heteroatoms. The number of benzene rings is 2. The number of nitrogens with zero attached hydrogens (tertiary/aromatic N) is 2. The first-order valence-electron chi connectivity index (χ1n) is 6.97. The van der Waals surface area contributed by atoms with Gasteiger partial charge in [0, 0.05) is 6.54 Å². The third-order valence-corrected chi connectivity index (χ3v) is 3.31. The maximum Gasteiger partial charge on any atom is 0.123 e.